The van der Waals surface area contributed by atoms with Crippen molar-refractivity contribution in [3.63, 3.8) is 0 Å². The molecule has 0 spiro atoms. The number of hydrogen-bond donors (Lipinski definition) is 3. The van der Waals surface area contributed by atoms with Gasteiger partial charge in [0.05, 0.1) is 0 Å². The predicted octanol–water partition coefficient (Wildman–Crippen LogP) is 0.372. The molecule has 0 radical (unpaired) electrons. The van der Waals surface area contributed by atoms with E-state index < -0.39 is 0 Å². The van der Waals surface area contributed by atoms with Gasteiger partial charge >= 0.3 is 0 Å². The van der Waals surface area contributed by atoms with E-state index in [0.29, 0.717) is 17.9 Å². The third-order valence-electron chi connectivity index (χ3n) is 2.62. The van der Waals surface area contributed by atoms with Crippen molar-refractivity contribution < 1.29 is 0 Å². The number of H-pyrrole nitrogens is 1. The molecule has 1 aromatic rings. The molecule has 2 rings (SSSR count). The lowest BCUT2D eigenvalue weighted by molar-refractivity contribution is 0.383. The molecule has 1 fully saturated rings. The number of aromatic amines is 1. The lowest BCUT2D eigenvalue weighted by atomic mass is 9.86. The van der Waals surface area contributed by atoms with Crippen molar-refractivity contribution in [1.82, 2.24) is 15.2 Å². The van der Waals surface area contributed by atoms with Gasteiger partial charge in [0.15, 0.2) is 0 Å². The van der Waals surface area contributed by atoms with Gasteiger partial charge in [-0.3, -0.25) is 5.10 Å². The van der Waals surface area contributed by atoms with Crippen LogP contribution in [0.15, 0.2) is 0 Å². The Kier molecular flexibility index (Phi) is 2.18. The molecule has 0 saturated heterocycles. The minimum atomic E-state index is 0.310. The molecule has 2 unspecified atom stereocenters. The highest BCUT2D eigenvalue weighted by Crippen LogP contribution is 2.29. The molecule has 5 nitrogen and oxygen atoms in total. The Bertz CT molecular complexity index is 282. The van der Waals surface area contributed by atoms with Crippen LogP contribution >= 0.6 is 0 Å². The summed E-state index contributed by atoms with van der Waals surface area (Å²) < 4.78 is 0. The van der Waals surface area contributed by atoms with Crippen molar-refractivity contribution in [2.45, 2.75) is 37.6 Å². The summed E-state index contributed by atoms with van der Waals surface area (Å²) in [7, 11) is 0. The van der Waals surface area contributed by atoms with Gasteiger partial charge in [0.2, 0.25) is 5.95 Å². The highest BCUT2D eigenvalue weighted by molar-refractivity contribution is 5.15. The number of anilines is 1. The maximum atomic E-state index is 5.88. The van der Waals surface area contributed by atoms with E-state index in [0.717, 1.165) is 25.1 Å². The zero-order chi connectivity index (χ0) is 9.26. The van der Waals surface area contributed by atoms with E-state index in [4.69, 9.17) is 11.5 Å². The Balaban J connectivity index is 2.08. The molecule has 1 saturated carbocycles. The fourth-order valence-electron chi connectivity index (χ4n) is 1.95. The van der Waals surface area contributed by atoms with E-state index in [1.165, 1.54) is 6.42 Å². The van der Waals surface area contributed by atoms with Crippen LogP contribution in [0.1, 0.15) is 37.4 Å². The molecule has 5 heteroatoms. The summed E-state index contributed by atoms with van der Waals surface area (Å²) in [5.41, 5.74) is 11.3. The minimum absolute atomic E-state index is 0.310. The Labute approximate surface area is 76.9 Å². The maximum Gasteiger partial charge on any atom is 0.239 e. The van der Waals surface area contributed by atoms with Crippen molar-refractivity contribution in [3.8, 4) is 0 Å². The van der Waals surface area contributed by atoms with Gasteiger partial charge in [0.25, 0.3) is 0 Å². The number of nitrogen functional groups attached to an aromatic ring is 1. The van der Waals surface area contributed by atoms with Crippen molar-refractivity contribution in [2.24, 2.45) is 5.73 Å². The van der Waals surface area contributed by atoms with Crippen molar-refractivity contribution in [3.05, 3.63) is 5.82 Å². The van der Waals surface area contributed by atoms with E-state index >= 15 is 0 Å². The van der Waals surface area contributed by atoms with E-state index in [-0.39, 0.29) is 0 Å². The third-order valence-corrected chi connectivity index (χ3v) is 2.62. The van der Waals surface area contributed by atoms with Gasteiger partial charge in [-0.2, -0.15) is 4.98 Å². The number of nitrogens with one attached hydrogen (secondary N) is 1. The monoisotopic (exact) mass is 181 g/mol. The minimum Gasteiger partial charge on any atom is -0.367 e. The van der Waals surface area contributed by atoms with Crippen LogP contribution in [0.25, 0.3) is 0 Å². The Hall–Kier alpha value is -1.10. The maximum absolute atomic E-state index is 5.88. The summed E-state index contributed by atoms with van der Waals surface area (Å²) in [6.07, 6.45) is 4.43. The topological polar surface area (TPSA) is 93.6 Å². The van der Waals surface area contributed by atoms with Crippen LogP contribution in [0.3, 0.4) is 0 Å². The van der Waals surface area contributed by atoms with Gasteiger partial charge in [-0.15, -0.1) is 5.10 Å². The number of hydrogen-bond acceptors (Lipinski definition) is 4. The van der Waals surface area contributed by atoms with Crippen molar-refractivity contribution in [2.75, 3.05) is 5.73 Å². The van der Waals surface area contributed by atoms with Crippen molar-refractivity contribution in [1.29, 1.82) is 0 Å². The summed E-state index contributed by atoms with van der Waals surface area (Å²) in [4.78, 5) is 4.12. The lowest BCUT2D eigenvalue weighted by Gasteiger charge is -2.24. The SMILES string of the molecule is Nc1n[nH]c(C2CCCC(N)C2)n1. The van der Waals surface area contributed by atoms with Gasteiger partial charge < -0.3 is 11.5 Å². The predicted molar refractivity (Wildman–Crippen MR) is 50.0 cm³/mol. The summed E-state index contributed by atoms with van der Waals surface area (Å²) in [5.74, 6) is 1.65. The molecule has 1 aliphatic carbocycles. The molecule has 1 aromatic heterocycles. The molecular formula is C8H15N5. The molecule has 0 amide bonds. The number of aromatic nitrogens is 3. The van der Waals surface area contributed by atoms with Crippen LogP contribution in [0, 0.1) is 0 Å². The molecule has 1 aliphatic rings. The zero-order valence-electron chi connectivity index (χ0n) is 7.53. The average Bonchev–Trinajstić information content (AvgIpc) is 2.52. The van der Waals surface area contributed by atoms with Gasteiger partial charge in [0.1, 0.15) is 5.82 Å². The highest BCUT2D eigenvalue weighted by atomic mass is 15.3. The van der Waals surface area contributed by atoms with E-state index in [1.54, 1.807) is 0 Å². The number of nitrogens with two attached hydrogens (primary N) is 2. The number of nitrogens with zero attached hydrogens (tertiary/aromatic N) is 2. The van der Waals surface area contributed by atoms with Crippen LogP contribution in [0.5, 0.6) is 0 Å². The molecule has 13 heavy (non-hydrogen) atoms. The van der Waals surface area contributed by atoms with Crippen LogP contribution in [0.4, 0.5) is 5.95 Å². The molecule has 0 aliphatic heterocycles. The first-order valence-electron chi connectivity index (χ1n) is 4.69. The molecule has 1 heterocycles. The summed E-state index contributed by atoms with van der Waals surface area (Å²) in [6.45, 7) is 0. The van der Waals surface area contributed by atoms with Gasteiger partial charge in [-0.25, -0.2) is 0 Å². The smallest absolute Gasteiger partial charge is 0.239 e. The molecule has 5 N–H and O–H groups in total. The first-order chi connectivity index (χ1) is 6.25. The normalized spacial score (nSPS) is 29.0. The third kappa shape index (κ3) is 1.80. The van der Waals surface area contributed by atoms with Crippen LogP contribution < -0.4 is 11.5 Å². The molecule has 72 valence electrons. The fourth-order valence-corrected chi connectivity index (χ4v) is 1.95. The molecular weight excluding hydrogens is 166 g/mol. The number of rotatable bonds is 1. The zero-order valence-corrected chi connectivity index (χ0v) is 7.53. The second kappa shape index (κ2) is 3.33. The second-order valence-corrected chi connectivity index (χ2v) is 3.70. The van der Waals surface area contributed by atoms with Gasteiger partial charge in [-0.05, 0) is 19.3 Å². The Morgan fingerprint density at radius 3 is 2.85 bits per heavy atom. The standard InChI is InChI=1S/C8H15N5/c9-6-3-1-2-5(4-6)7-11-8(10)13-12-7/h5-6H,1-4,9H2,(H3,10,11,12,13). The molecule has 2 atom stereocenters. The molecule has 0 aromatic carbocycles. The van der Waals surface area contributed by atoms with Crippen LogP contribution in [0.2, 0.25) is 0 Å². The van der Waals surface area contributed by atoms with E-state index in [2.05, 4.69) is 15.2 Å². The van der Waals surface area contributed by atoms with Gasteiger partial charge in [-0.1, -0.05) is 6.42 Å². The second-order valence-electron chi connectivity index (χ2n) is 3.70. The molecule has 0 bridgehead atoms. The van der Waals surface area contributed by atoms with Crippen LogP contribution in [-0.2, 0) is 0 Å². The highest BCUT2D eigenvalue weighted by Gasteiger charge is 2.23. The largest absolute Gasteiger partial charge is 0.367 e. The van der Waals surface area contributed by atoms with Gasteiger partial charge in [0, 0.05) is 12.0 Å². The Morgan fingerprint density at radius 1 is 1.38 bits per heavy atom. The first kappa shape index (κ1) is 8.50. The van der Waals surface area contributed by atoms with E-state index in [9.17, 15) is 0 Å². The van der Waals surface area contributed by atoms with Crippen LogP contribution in [-0.4, -0.2) is 21.2 Å². The average molecular weight is 181 g/mol. The summed E-state index contributed by atoms with van der Waals surface area (Å²) in [5, 5.41) is 6.67. The van der Waals surface area contributed by atoms with Crippen molar-refractivity contribution >= 4 is 5.95 Å². The lowest BCUT2D eigenvalue weighted by Crippen LogP contribution is -2.27. The summed E-state index contributed by atoms with van der Waals surface area (Å²) in [6, 6.07) is 0.310. The first-order valence-corrected chi connectivity index (χ1v) is 4.69. The summed E-state index contributed by atoms with van der Waals surface area (Å²) >= 11 is 0. The van der Waals surface area contributed by atoms with E-state index in [1.807, 2.05) is 0 Å². The Morgan fingerprint density at radius 2 is 2.23 bits per heavy atom. The quantitative estimate of drug-likeness (QED) is 0.583. The fraction of sp³-hybridized carbons (Fsp3) is 0.750.